The number of hydrogen-bond donors (Lipinski definition) is 0. The first-order valence-electron chi connectivity index (χ1n) is 3.51. The van der Waals surface area contributed by atoms with Gasteiger partial charge in [-0.05, 0) is 6.92 Å². The summed E-state index contributed by atoms with van der Waals surface area (Å²) in [5.74, 6) is 0.0544. The van der Waals surface area contributed by atoms with E-state index in [-0.39, 0.29) is 5.91 Å². The van der Waals surface area contributed by atoms with E-state index in [1.165, 1.54) is 0 Å². The molecule has 0 aliphatic carbocycles. The van der Waals surface area contributed by atoms with Crippen LogP contribution in [-0.4, -0.2) is 43.9 Å². The Morgan fingerprint density at radius 3 is 1.91 bits per heavy atom. The van der Waals surface area contributed by atoms with E-state index >= 15 is 0 Å². The van der Waals surface area contributed by atoms with Crippen LogP contribution < -0.4 is 0 Å². The second-order valence-corrected chi connectivity index (χ2v) is 2.98. The number of nitrogens with zero attached hydrogens (tertiary/aromatic N) is 2. The Bertz CT molecular complexity index is 171. The van der Waals surface area contributed by atoms with Crippen LogP contribution in [0.25, 0.3) is 0 Å². The van der Waals surface area contributed by atoms with Crippen LogP contribution in [-0.2, 0) is 4.79 Å². The summed E-state index contributed by atoms with van der Waals surface area (Å²) in [6, 6.07) is 0. The molecule has 0 atom stereocenters. The average molecular weight is 156 g/mol. The van der Waals surface area contributed by atoms with Gasteiger partial charge in [0.2, 0.25) is 5.91 Å². The van der Waals surface area contributed by atoms with E-state index in [9.17, 15) is 4.79 Å². The van der Waals surface area contributed by atoms with Crippen molar-refractivity contribution in [3.05, 3.63) is 11.8 Å². The molecule has 3 nitrogen and oxygen atoms in total. The molecule has 0 rings (SSSR count). The third-order valence-corrected chi connectivity index (χ3v) is 1.20. The Balaban J connectivity index is 4.24. The molecule has 11 heavy (non-hydrogen) atoms. The van der Waals surface area contributed by atoms with Crippen molar-refractivity contribution in [1.29, 1.82) is 0 Å². The first-order valence-corrected chi connectivity index (χ1v) is 3.51. The number of rotatable bonds is 2. The van der Waals surface area contributed by atoms with Gasteiger partial charge in [0, 0.05) is 40.0 Å². The fourth-order valence-corrected chi connectivity index (χ4v) is 0.795. The van der Waals surface area contributed by atoms with Crippen LogP contribution in [0, 0.1) is 0 Å². The molecule has 1 amide bonds. The van der Waals surface area contributed by atoms with Gasteiger partial charge in [-0.25, -0.2) is 0 Å². The fourth-order valence-electron chi connectivity index (χ4n) is 0.795. The van der Waals surface area contributed by atoms with Gasteiger partial charge in [0.1, 0.15) is 0 Å². The van der Waals surface area contributed by atoms with E-state index < -0.39 is 0 Å². The Morgan fingerprint density at radius 2 is 1.64 bits per heavy atom. The second kappa shape index (κ2) is 4.01. The van der Waals surface area contributed by atoms with Crippen LogP contribution in [0.3, 0.4) is 0 Å². The molecule has 0 aliphatic rings. The van der Waals surface area contributed by atoms with Crippen LogP contribution in [0.1, 0.15) is 6.92 Å². The smallest absolute Gasteiger partial charge is 0.250 e. The number of carbonyl (C=O) groups excluding carboxylic acids is 1. The molecule has 0 aromatic rings. The number of carbonyl (C=O) groups is 1. The summed E-state index contributed by atoms with van der Waals surface area (Å²) < 4.78 is 0. The zero-order valence-corrected chi connectivity index (χ0v) is 7.88. The van der Waals surface area contributed by atoms with Gasteiger partial charge in [-0.1, -0.05) is 0 Å². The molecule has 0 spiro atoms. The highest BCUT2D eigenvalue weighted by molar-refractivity contribution is 5.92. The molecule has 0 aromatic heterocycles. The van der Waals surface area contributed by atoms with Gasteiger partial charge in [-0.2, -0.15) is 0 Å². The number of amides is 1. The lowest BCUT2D eigenvalue weighted by Gasteiger charge is -2.12. The highest BCUT2D eigenvalue weighted by Gasteiger charge is 2.05. The molecule has 0 saturated carbocycles. The highest BCUT2D eigenvalue weighted by atomic mass is 16.2. The van der Waals surface area contributed by atoms with Crippen LogP contribution in [0.5, 0.6) is 0 Å². The summed E-state index contributed by atoms with van der Waals surface area (Å²) in [6.07, 6.45) is 1.81. The van der Waals surface area contributed by atoms with Gasteiger partial charge in [0.05, 0.1) is 0 Å². The van der Waals surface area contributed by atoms with E-state index in [0.717, 1.165) is 5.57 Å². The molecule has 3 heteroatoms. The first kappa shape index (κ1) is 10.0. The summed E-state index contributed by atoms with van der Waals surface area (Å²) in [5, 5.41) is 0. The van der Waals surface area contributed by atoms with E-state index in [4.69, 9.17) is 0 Å². The third-order valence-electron chi connectivity index (χ3n) is 1.20. The molecule has 0 unspecified atom stereocenters. The minimum Gasteiger partial charge on any atom is -0.383 e. The Morgan fingerprint density at radius 1 is 1.18 bits per heavy atom. The lowest BCUT2D eigenvalue weighted by atomic mass is 10.3. The maximum atomic E-state index is 11.2. The Kier molecular flexibility index (Phi) is 3.65. The summed E-state index contributed by atoms with van der Waals surface area (Å²) in [7, 11) is 7.28. The van der Waals surface area contributed by atoms with Crippen molar-refractivity contribution < 1.29 is 4.79 Å². The summed E-state index contributed by atoms with van der Waals surface area (Å²) in [4.78, 5) is 14.6. The standard InChI is InChI=1S/C8H16N2O/c1-7(6-9(2)3)8(11)10(4)5/h6H,1-5H3/b7-6+. The predicted octanol–water partition coefficient (Wildman–Crippen LogP) is 0.540. The lowest BCUT2D eigenvalue weighted by molar-refractivity contribution is -0.124. The molecule has 64 valence electrons. The van der Waals surface area contributed by atoms with Crippen LogP contribution in [0.15, 0.2) is 11.8 Å². The lowest BCUT2D eigenvalue weighted by Crippen LogP contribution is -2.23. The summed E-state index contributed by atoms with van der Waals surface area (Å²) in [6.45, 7) is 1.81. The van der Waals surface area contributed by atoms with Crippen molar-refractivity contribution in [3.63, 3.8) is 0 Å². The normalized spacial score (nSPS) is 11.2. The highest BCUT2D eigenvalue weighted by Crippen LogP contribution is 1.97. The molecular formula is C8H16N2O. The van der Waals surface area contributed by atoms with Crippen molar-refractivity contribution in [2.75, 3.05) is 28.2 Å². The van der Waals surface area contributed by atoms with Gasteiger partial charge in [-0.15, -0.1) is 0 Å². The van der Waals surface area contributed by atoms with Gasteiger partial charge in [0.15, 0.2) is 0 Å². The molecule has 0 N–H and O–H groups in total. The van der Waals surface area contributed by atoms with Gasteiger partial charge in [-0.3, -0.25) is 4.79 Å². The molecule has 0 fully saturated rings. The largest absolute Gasteiger partial charge is 0.383 e. The van der Waals surface area contributed by atoms with E-state index in [2.05, 4.69) is 0 Å². The van der Waals surface area contributed by atoms with Crippen LogP contribution >= 0.6 is 0 Å². The maximum absolute atomic E-state index is 11.2. The summed E-state index contributed by atoms with van der Waals surface area (Å²) in [5.41, 5.74) is 0.750. The van der Waals surface area contributed by atoms with Crippen molar-refractivity contribution in [1.82, 2.24) is 9.80 Å². The van der Waals surface area contributed by atoms with Crippen LogP contribution in [0.2, 0.25) is 0 Å². The van der Waals surface area contributed by atoms with Gasteiger partial charge >= 0.3 is 0 Å². The first-order chi connectivity index (χ1) is 4.95. The quantitative estimate of drug-likeness (QED) is 0.545. The molecule has 0 saturated heterocycles. The fraction of sp³-hybridized carbons (Fsp3) is 0.625. The molecule has 0 aliphatic heterocycles. The van der Waals surface area contributed by atoms with Crippen molar-refractivity contribution >= 4 is 5.91 Å². The Hall–Kier alpha value is -0.990. The van der Waals surface area contributed by atoms with Crippen molar-refractivity contribution in [3.8, 4) is 0 Å². The molecule has 0 aromatic carbocycles. The van der Waals surface area contributed by atoms with Gasteiger partial charge < -0.3 is 9.80 Å². The zero-order chi connectivity index (χ0) is 9.02. The monoisotopic (exact) mass is 156 g/mol. The maximum Gasteiger partial charge on any atom is 0.250 e. The van der Waals surface area contributed by atoms with Gasteiger partial charge in [0.25, 0.3) is 0 Å². The molecule has 0 bridgehead atoms. The van der Waals surface area contributed by atoms with Crippen LogP contribution in [0.4, 0.5) is 0 Å². The van der Waals surface area contributed by atoms with Crippen molar-refractivity contribution in [2.24, 2.45) is 0 Å². The molecule has 0 heterocycles. The average Bonchev–Trinajstić information content (AvgIpc) is 1.84. The molecular weight excluding hydrogens is 140 g/mol. The SMILES string of the molecule is C/C(=C\N(C)C)C(=O)N(C)C. The predicted molar refractivity (Wildman–Crippen MR) is 46.1 cm³/mol. The summed E-state index contributed by atoms with van der Waals surface area (Å²) >= 11 is 0. The zero-order valence-electron chi connectivity index (χ0n) is 7.88. The van der Waals surface area contributed by atoms with E-state index in [0.29, 0.717) is 0 Å². The minimum atomic E-state index is 0.0544. The Labute approximate surface area is 68.3 Å². The minimum absolute atomic E-state index is 0.0544. The number of likely N-dealkylation sites (N-methyl/N-ethyl adjacent to an activating group) is 1. The van der Waals surface area contributed by atoms with E-state index in [1.54, 1.807) is 19.0 Å². The third kappa shape index (κ3) is 3.65. The topological polar surface area (TPSA) is 23.6 Å². The van der Waals surface area contributed by atoms with E-state index in [1.807, 2.05) is 32.1 Å². The second-order valence-electron chi connectivity index (χ2n) is 2.98. The number of hydrogen-bond acceptors (Lipinski definition) is 2. The molecule has 0 radical (unpaired) electrons. The van der Waals surface area contributed by atoms with Crippen molar-refractivity contribution in [2.45, 2.75) is 6.92 Å².